The van der Waals surface area contributed by atoms with Gasteiger partial charge in [-0.1, -0.05) is 18.3 Å². The van der Waals surface area contributed by atoms with E-state index in [2.05, 4.69) is 19.9 Å². The number of hydrogen-bond acceptors (Lipinski definition) is 7. The molecule has 0 spiro atoms. The Bertz CT molecular complexity index is 806. The van der Waals surface area contributed by atoms with E-state index in [1.54, 1.807) is 11.1 Å². The van der Waals surface area contributed by atoms with E-state index < -0.39 is 10.0 Å². The Kier molecular flexibility index (Phi) is 3.79. The van der Waals surface area contributed by atoms with Gasteiger partial charge in [0, 0.05) is 12.7 Å². The number of aromatic nitrogens is 2. The highest BCUT2D eigenvalue weighted by Gasteiger charge is 2.25. The van der Waals surface area contributed by atoms with E-state index in [0.29, 0.717) is 16.5 Å². The molecule has 1 aromatic heterocycles. The topological polar surface area (TPSA) is 105 Å². The zero-order valence-electron chi connectivity index (χ0n) is 11.7. The molecule has 0 saturated carbocycles. The fourth-order valence-electron chi connectivity index (χ4n) is 1.95. The smallest absolute Gasteiger partial charge is 0.258 e. The van der Waals surface area contributed by atoms with Crippen molar-refractivity contribution in [3.8, 4) is 0 Å². The first-order valence-electron chi connectivity index (χ1n) is 6.60. The molecule has 0 radical (unpaired) electrons. The Hall–Kier alpha value is -2.07. The van der Waals surface area contributed by atoms with Gasteiger partial charge in [-0.2, -0.15) is 0 Å². The number of anilines is 1. The average Bonchev–Trinajstić information content (AvgIpc) is 2.93. The highest BCUT2D eigenvalue weighted by atomic mass is 32.2. The Morgan fingerprint density at radius 3 is 2.95 bits per heavy atom. The summed E-state index contributed by atoms with van der Waals surface area (Å²) in [5.74, 6) is -0.0547. The van der Waals surface area contributed by atoms with E-state index in [1.807, 2.05) is 6.92 Å². The molecule has 8 nitrogen and oxygen atoms in total. The number of nitrogens with zero attached hydrogens (tertiary/aromatic N) is 4. The molecule has 0 saturated heterocycles. The number of aryl methyl sites for hydroxylation is 1. The van der Waals surface area contributed by atoms with Gasteiger partial charge in [0.1, 0.15) is 10.8 Å². The van der Waals surface area contributed by atoms with Crippen LogP contribution in [0.3, 0.4) is 0 Å². The number of rotatable bonds is 3. The number of carbonyl (C=O) groups is 1. The van der Waals surface area contributed by atoms with Gasteiger partial charge in [-0.05, 0) is 18.6 Å². The third-order valence-electron chi connectivity index (χ3n) is 3.08. The minimum absolute atomic E-state index is 0.0635. The second kappa shape index (κ2) is 5.61. The maximum atomic E-state index is 12.2. The summed E-state index contributed by atoms with van der Waals surface area (Å²) in [5.41, 5.74) is 0.409. The van der Waals surface area contributed by atoms with Gasteiger partial charge in [-0.15, -0.1) is 14.6 Å². The number of amidine groups is 1. The minimum atomic E-state index is -3.39. The quantitative estimate of drug-likeness (QED) is 0.861. The highest BCUT2D eigenvalue weighted by Crippen LogP contribution is 2.19. The molecule has 0 aromatic carbocycles. The second-order valence-corrected chi connectivity index (χ2v) is 7.47. The lowest BCUT2D eigenvalue weighted by atomic mass is 10.2. The summed E-state index contributed by atoms with van der Waals surface area (Å²) in [6.07, 6.45) is 5.40. The van der Waals surface area contributed by atoms with Gasteiger partial charge in [0.25, 0.3) is 15.9 Å². The fourth-order valence-corrected chi connectivity index (χ4v) is 3.60. The van der Waals surface area contributed by atoms with Crippen LogP contribution in [0.4, 0.5) is 5.13 Å². The number of hydrogen-bond donors (Lipinski definition) is 1. The summed E-state index contributed by atoms with van der Waals surface area (Å²) in [5, 5.41) is 11.8. The summed E-state index contributed by atoms with van der Waals surface area (Å²) in [6, 6.07) is 0. The van der Waals surface area contributed by atoms with Crippen LogP contribution in [0, 0.1) is 0 Å². The second-order valence-electron chi connectivity index (χ2n) is 4.66. The number of carbonyl (C=O) groups excluding carboxylic acids is 1. The van der Waals surface area contributed by atoms with Crippen molar-refractivity contribution in [2.75, 3.05) is 17.6 Å². The summed E-state index contributed by atoms with van der Waals surface area (Å²) in [4.78, 5) is 13.8. The van der Waals surface area contributed by atoms with E-state index in [-0.39, 0.29) is 18.2 Å². The first kappa shape index (κ1) is 14.9. The summed E-state index contributed by atoms with van der Waals surface area (Å²) in [6.45, 7) is 2.24. The molecule has 3 rings (SSSR count). The Morgan fingerprint density at radius 1 is 1.41 bits per heavy atom. The molecule has 1 N–H and O–H groups in total. The lowest BCUT2D eigenvalue weighted by Gasteiger charge is -2.26. The molecule has 0 fully saturated rings. The van der Waals surface area contributed by atoms with E-state index in [4.69, 9.17) is 0 Å². The number of sulfonamides is 1. The van der Waals surface area contributed by atoms with E-state index in [0.717, 1.165) is 11.4 Å². The number of nitrogens with one attached hydrogen (secondary N) is 1. The maximum Gasteiger partial charge on any atom is 0.258 e. The SMILES string of the molecule is CCc1nnc(NC(=O)C2=CN3CCS(=O)(=O)N=C3C=C2)s1. The largest absolute Gasteiger partial charge is 0.330 e. The Balaban J connectivity index is 1.75. The third kappa shape index (κ3) is 3.07. The predicted molar refractivity (Wildman–Crippen MR) is 83.1 cm³/mol. The van der Waals surface area contributed by atoms with Crippen LogP contribution >= 0.6 is 11.3 Å². The van der Waals surface area contributed by atoms with Crippen LogP contribution in [-0.2, 0) is 21.2 Å². The average molecular weight is 339 g/mol. The van der Waals surface area contributed by atoms with E-state index in [9.17, 15) is 13.2 Å². The summed E-state index contributed by atoms with van der Waals surface area (Å²) >= 11 is 1.33. The minimum Gasteiger partial charge on any atom is -0.330 e. The van der Waals surface area contributed by atoms with E-state index >= 15 is 0 Å². The lowest BCUT2D eigenvalue weighted by Crippen LogP contribution is -2.37. The molecule has 116 valence electrons. The van der Waals surface area contributed by atoms with Crippen molar-refractivity contribution in [2.45, 2.75) is 13.3 Å². The molecule has 3 heterocycles. The van der Waals surface area contributed by atoms with Crippen molar-refractivity contribution in [3.63, 3.8) is 0 Å². The van der Waals surface area contributed by atoms with Gasteiger partial charge >= 0.3 is 0 Å². The Morgan fingerprint density at radius 2 is 2.23 bits per heavy atom. The lowest BCUT2D eigenvalue weighted by molar-refractivity contribution is -0.112. The third-order valence-corrected chi connectivity index (χ3v) is 5.22. The zero-order chi connectivity index (χ0) is 15.7. The molecule has 0 atom stereocenters. The molecular formula is C12H13N5O3S2. The van der Waals surface area contributed by atoms with Crippen LogP contribution in [0.1, 0.15) is 11.9 Å². The molecule has 1 amide bonds. The van der Waals surface area contributed by atoms with Gasteiger partial charge in [0.15, 0.2) is 0 Å². The van der Waals surface area contributed by atoms with Crippen LogP contribution in [0.5, 0.6) is 0 Å². The number of fused-ring (bicyclic) bond motifs is 1. The molecule has 2 aliphatic rings. The van der Waals surface area contributed by atoms with Gasteiger partial charge in [0.2, 0.25) is 5.13 Å². The molecule has 2 aliphatic heterocycles. The van der Waals surface area contributed by atoms with Crippen LogP contribution in [0.2, 0.25) is 0 Å². The first-order valence-corrected chi connectivity index (χ1v) is 9.02. The van der Waals surface area contributed by atoms with Crippen LogP contribution in [0.25, 0.3) is 0 Å². The van der Waals surface area contributed by atoms with Gasteiger partial charge in [0.05, 0.1) is 11.3 Å². The standard InChI is InChI=1S/C12H13N5O3S2/c1-2-10-14-15-12(21-10)13-11(18)8-3-4-9-16-22(19,20)6-5-17(9)7-8/h3-4,7H,2,5-6H2,1H3,(H,13,15,18). The molecular weight excluding hydrogens is 326 g/mol. The first-order chi connectivity index (χ1) is 10.5. The Labute approximate surface area is 131 Å². The highest BCUT2D eigenvalue weighted by molar-refractivity contribution is 7.90. The summed E-state index contributed by atoms with van der Waals surface area (Å²) in [7, 11) is -3.39. The van der Waals surface area contributed by atoms with E-state index in [1.165, 1.54) is 23.5 Å². The monoisotopic (exact) mass is 339 g/mol. The van der Waals surface area contributed by atoms with Crippen molar-refractivity contribution >= 4 is 38.2 Å². The van der Waals surface area contributed by atoms with Crippen molar-refractivity contribution in [1.82, 2.24) is 15.1 Å². The molecule has 10 heteroatoms. The predicted octanol–water partition coefficient (Wildman–Crippen LogP) is 0.537. The molecule has 0 unspecified atom stereocenters. The fraction of sp³-hybridized carbons (Fsp3) is 0.333. The molecule has 1 aromatic rings. The van der Waals surface area contributed by atoms with Crippen molar-refractivity contribution in [2.24, 2.45) is 4.40 Å². The zero-order valence-corrected chi connectivity index (χ0v) is 13.3. The van der Waals surface area contributed by atoms with Crippen molar-refractivity contribution in [1.29, 1.82) is 0 Å². The number of amides is 1. The maximum absolute atomic E-state index is 12.2. The van der Waals surface area contributed by atoms with Gasteiger partial charge in [-0.3, -0.25) is 10.1 Å². The van der Waals surface area contributed by atoms with Crippen LogP contribution < -0.4 is 5.32 Å². The van der Waals surface area contributed by atoms with Gasteiger partial charge < -0.3 is 4.90 Å². The van der Waals surface area contributed by atoms with Crippen molar-refractivity contribution in [3.05, 3.63) is 28.9 Å². The normalized spacial score (nSPS) is 19.2. The molecule has 22 heavy (non-hydrogen) atoms. The van der Waals surface area contributed by atoms with Gasteiger partial charge in [-0.25, -0.2) is 8.42 Å². The molecule has 0 bridgehead atoms. The van der Waals surface area contributed by atoms with Crippen molar-refractivity contribution < 1.29 is 13.2 Å². The van der Waals surface area contributed by atoms with Crippen LogP contribution in [0.15, 0.2) is 28.3 Å². The summed E-state index contributed by atoms with van der Waals surface area (Å²) < 4.78 is 26.5. The molecule has 0 aliphatic carbocycles. The van der Waals surface area contributed by atoms with Crippen LogP contribution in [-0.4, -0.2) is 47.6 Å².